The van der Waals surface area contributed by atoms with Crippen molar-refractivity contribution in [2.45, 2.75) is 95.7 Å². The molecule has 1 aliphatic heterocycles. The summed E-state index contributed by atoms with van der Waals surface area (Å²) in [5.41, 5.74) is 5.88. The van der Waals surface area contributed by atoms with E-state index in [2.05, 4.69) is 53.0 Å². The molecule has 1 fully saturated rings. The molecule has 0 radical (unpaired) electrons. The second-order valence-corrected chi connectivity index (χ2v) is 18.0. The van der Waals surface area contributed by atoms with Crippen LogP contribution in [0, 0.1) is 11.5 Å². The maximum Gasteiger partial charge on any atom is 0.428 e. The Bertz CT molecular complexity index is 1220. The molecule has 1 unspecified atom stereocenters. The summed E-state index contributed by atoms with van der Waals surface area (Å²) < 4.78 is 50.2. The molecule has 0 aliphatic carbocycles. The van der Waals surface area contributed by atoms with Gasteiger partial charge in [0.15, 0.2) is 0 Å². The average Bonchev–Trinajstić information content (AvgIpc) is 3.42. The highest BCUT2D eigenvalue weighted by Crippen LogP contribution is 2.47. The zero-order valence-electron chi connectivity index (χ0n) is 23.0. The van der Waals surface area contributed by atoms with Gasteiger partial charge in [-0.3, -0.25) is 4.90 Å². The number of rotatable bonds is 7. The first-order valence-corrected chi connectivity index (χ1v) is 16.5. The molecule has 7 heteroatoms. The van der Waals surface area contributed by atoms with Gasteiger partial charge in [0.1, 0.15) is 8.07 Å². The van der Waals surface area contributed by atoms with Crippen molar-refractivity contribution < 1.29 is 17.9 Å². The SMILES string of the molecule is CC(C)[Si](C#CCC1O[C@H](C(F)(F)F)N(Cc2ccccc2)[C@@H]1c1cc2ccccc2s1)(C(C)C)C(C)C. The normalized spacial score (nSPS) is 21.0. The van der Waals surface area contributed by atoms with E-state index >= 15 is 0 Å². The average molecular weight is 558 g/mol. The standard InChI is InChI=1S/C31H38F3NOSSi/c1-21(2)38(22(3)4,23(5)6)18-12-16-26-29(28-19-25-15-10-11-17-27(25)37-28)35(30(36-26)31(32,33)34)20-24-13-8-7-9-14-24/h7-11,13-15,17,19,21-23,26,29-30H,16,20H2,1-6H3/t26?,29-,30+/m0/s1. The van der Waals surface area contributed by atoms with Crippen molar-refractivity contribution in [2.24, 2.45) is 0 Å². The first kappa shape index (κ1) is 28.9. The van der Waals surface area contributed by atoms with Crippen LogP contribution in [0.5, 0.6) is 0 Å². The Hall–Kier alpha value is -2.11. The molecule has 1 saturated heterocycles. The molecule has 0 amide bonds. The molecular formula is C31H38F3NOSSi. The van der Waals surface area contributed by atoms with Gasteiger partial charge in [0.25, 0.3) is 0 Å². The van der Waals surface area contributed by atoms with Crippen LogP contribution < -0.4 is 0 Å². The highest BCUT2D eigenvalue weighted by Gasteiger charge is 2.55. The monoisotopic (exact) mass is 557 g/mol. The molecule has 3 atom stereocenters. The quantitative estimate of drug-likeness (QED) is 0.212. The molecule has 2 aromatic carbocycles. The molecule has 2 heterocycles. The maximum atomic E-state index is 14.4. The minimum absolute atomic E-state index is 0.149. The van der Waals surface area contributed by atoms with E-state index in [9.17, 15) is 13.2 Å². The van der Waals surface area contributed by atoms with Gasteiger partial charge in [0.05, 0.1) is 12.1 Å². The van der Waals surface area contributed by atoms with Gasteiger partial charge in [0, 0.05) is 22.5 Å². The highest BCUT2D eigenvalue weighted by atomic mass is 32.1. The summed E-state index contributed by atoms with van der Waals surface area (Å²) in [7, 11) is -2.01. The van der Waals surface area contributed by atoms with E-state index in [1.807, 2.05) is 60.7 Å². The molecule has 1 aromatic heterocycles. The van der Waals surface area contributed by atoms with E-state index < -0.39 is 32.6 Å². The van der Waals surface area contributed by atoms with Crippen LogP contribution in [-0.4, -0.2) is 31.5 Å². The maximum absolute atomic E-state index is 14.4. The zero-order valence-corrected chi connectivity index (χ0v) is 24.9. The van der Waals surface area contributed by atoms with Gasteiger partial charge < -0.3 is 4.74 Å². The van der Waals surface area contributed by atoms with Crippen molar-refractivity contribution in [1.29, 1.82) is 0 Å². The molecule has 204 valence electrons. The Balaban J connectivity index is 1.77. The second-order valence-electron chi connectivity index (χ2n) is 11.3. The number of ether oxygens (including phenoxy) is 1. The minimum atomic E-state index is -4.52. The Morgan fingerprint density at radius 2 is 1.53 bits per heavy atom. The molecular weight excluding hydrogens is 519 g/mol. The molecule has 0 N–H and O–H groups in total. The second kappa shape index (κ2) is 11.6. The molecule has 0 saturated carbocycles. The summed E-state index contributed by atoms with van der Waals surface area (Å²) in [6.07, 6.45) is -6.90. The fourth-order valence-corrected chi connectivity index (χ4v) is 12.8. The van der Waals surface area contributed by atoms with Crippen molar-refractivity contribution in [2.75, 3.05) is 0 Å². The van der Waals surface area contributed by atoms with E-state index in [1.165, 1.54) is 4.90 Å². The van der Waals surface area contributed by atoms with Gasteiger partial charge in [-0.1, -0.05) is 90.1 Å². The van der Waals surface area contributed by atoms with E-state index in [-0.39, 0.29) is 13.0 Å². The fourth-order valence-electron chi connectivity index (χ4n) is 6.31. The molecule has 0 spiro atoms. The first-order chi connectivity index (χ1) is 17.9. The van der Waals surface area contributed by atoms with Gasteiger partial charge in [-0.05, 0) is 39.7 Å². The number of nitrogens with zero attached hydrogens (tertiary/aromatic N) is 1. The van der Waals surface area contributed by atoms with Crippen LogP contribution in [0.3, 0.4) is 0 Å². The first-order valence-electron chi connectivity index (χ1n) is 13.5. The number of thiophene rings is 1. The number of hydrogen-bond donors (Lipinski definition) is 0. The van der Waals surface area contributed by atoms with E-state index in [0.29, 0.717) is 16.6 Å². The zero-order chi connectivity index (χ0) is 27.7. The number of alkyl halides is 3. The molecule has 38 heavy (non-hydrogen) atoms. The van der Waals surface area contributed by atoms with Crippen LogP contribution >= 0.6 is 11.3 Å². The summed E-state index contributed by atoms with van der Waals surface area (Å²) in [6.45, 7) is 13.6. The molecule has 4 rings (SSSR count). The number of benzene rings is 2. The molecule has 2 nitrogen and oxygen atoms in total. The molecule has 0 bridgehead atoms. The lowest BCUT2D eigenvalue weighted by molar-refractivity contribution is -0.247. The van der Waals surface area contributed by atoms with Gasteiger partial charge in [-0.25, -0.2) is 0 Å². The number of fused-ring (bicyclic) bond motifs is 1. The largest absolute Gasteiger partial charge is 0.428 e. The van der Waals surface area contributed by atoms with Gasteiger partial charge in [-0.15, -0.1) is 22.8 Å². The van der Waals surface area contributed by atoms with E-state index in [1.54, 1.807) is 11.3 Å². The van der Waals surface area contributed by atoms with Crippen molar-refractivity contribution in [3.05, 3.63) is 71.1 Å². The Kier molecular flexibility index (Phi) is 8.78. The predicted molar refractivity (Wildman–Crippen MR) is 155 cm³/mol. The van der Waals surface area contributed by atoms with Crippen LogP contribution in [0.4, 0.5) is 13.2 Å². The van der Waals surface area contributed by atoms with Crippen LogP contribution in [-0.2, 0) is 11.3 Å². The lowest BCUT2D eigenvalue weighted by Crippen LogP contribution is -2.43. The van der Waals surface area contributed by atoms with Crippen LogP contribution in [0.2, 0.25) is 16.6 Å². The highest BCUT2D eigenvalue weighted by molar-refractivity contribution is 7.19. The summed E-state index contributed by atoms with van der Waals surface area (Å²) in [6, 6.07) is 18.8. The summed E-state index contributed by atoms with van der Waals surface area (Å²) >= 11 is 1.55. The van der Waals surface area contributed by atoms with Crippen molar-refractivity contribution in [3.63, 3.8) is 0 Å². The Morgan fingerprint density at radius 1 is 0.921 bits per heavy atom. The third-order valence-electron chi connectivity index (χ3n) is 8.01. The lowest BCUT2D eigenvalue weighted by Gasteiger charge is -2.38. The molecule has 3 aromatic rings. The van der Waals surface area contributed by atoms with Crippen LogP contribution in [0.25, 0.3) is 10.1 Å². The minimum Gasteiger partial charge on any atom is -0.348 e. The third-order valence-corrected chi connectivity index (χ3v) is 15.5. The Morgan fingerprint density at radius 3 is 2.11 bits per heavy atom. The van der Waals surface area contributed by atoms with E-state index in [4.69, 9.17) is 4.74 Å². The fraction of sp³-hybridized carbons (Fsp3) is 0.484. The Labute approximate surface area is 230 Å². The summed E-state index contributed by atoms with van der Waals surface area (Å²) in [4.78, 5) is 2.38. The van der Waals surface area contributed by atoms with Crippen molar-refractivity contribution in [1.82, 2.24) is 4.90 Å². The number of halogens is 3. The third kappa shape index (κ3) is 5.74. The van der Waals surface area contributed by atoms with Gasteiger partial charge in [0.2, 0.25) is 6.23 Å². The number of hydrogen-bond acceptors (Lipinski definition) is 3. The van der Waals surface area contributed by atoms with Gasteiger partial charge in [-0.2, -0.15) is 13.2 Å². The smallest absolute Gasteiger partial charge is 0.348 e. The van der Waals surface area contributed by atoms with Gasteiger partial charge >= 0.3 is 6.18 Å². The van der Waals surface area contributed by atoms with Crippen LogP contribution in [0.15, 0.2) is 60.7 Å². The van der Waals surface area contributed by atoms with Crippen molar-refractivity contribution >= 4 is 29.5 Å². The lowest BCUT2D eigenvalue weighted by atomic mass is 10.0. The summed E-state index contributed by atoms with van der Waals surface area (Å²) in [5.74, 6) is 3.40. The molecule has 1 aliphatic rings. The summed E-state index contributed by atoms with van der Waals surface area (Å²) in [5, 5.41) is 1.04. The van der Waals surface area contributed by atoms with Crippen molar-refractivity contribution in [3.8, 4) is 11.5 Å². The topological polar surface area (TPSA) is 12.5 Å². The van der Waals surface area contributed by atoms with Crippen LogP contribution in [0.1, 0.15) is 64.4 Å². The van der Waals surface area contributed by atoms with E-state index in [0.717, 1.165) is 20.5 Å². The predicted octanol–water partition coefficient (Wildman–Crippen LogP) is 9.34.